The van der Waals surface area contributed by atoms with Crippen molar-refractivity contribution in [3.63, 3.8) is 0 Å². The lowest BCUT2D eigenvalue weighted by Crippen LogP contribution is -2.52. The Balaban J connectivity index is 1.77. The van der Waals surface area contributed by atoms with Gasteiger partial charge in [0.2, 0.25) is 11.8 Å². The molecule has 2 aliphatic heterocycles. The third kappa shape index (κ3) is 2.34. The Labute approximate surface area is 125 Å². The van der Waals surface area contributed by atoms with Gasteiger partial charge in [0.05, 0.1) is 5.88 Å². The minimum absolute atomic E-state index is 0.0281. The van der Waals surface area contributed by atoms with Crippen LogP contribution in [-0.4, -0.2) is 51.4 Å². The number of carbonyl (C=O) groups is 2. The lowest BCUT2D eigenvalue weighted by atomic mass is 9.85. The molecule has 2 amide bonds. The van der Waals surface area contributed by atoms with Gasteiger partial charge < -0.3 is 9.80 Å². The van der Waals surface area contributed by atoms with Gasteiger partial charge in [-0.2, -0.15) is 0 Å². The Morgan fingerprint density at radius 3 is 2.70 bits per heavy atom. The van der Waals surface area contributed by atoms with E-state index in [0.29, 0.717) is 23.9 Å². The molecule has 20 heavy (non-hydrogen) atoms. The first kappa shape index (κ1) is 14.2. The number of carbonyl (C=O) groups excluding carboxylic acids is 2. The molecule has 0 aromatic heterocycles. The predicted molar refractivity (Wildman–Crippen MR) is 80.3 cm³/mol. The number of nitrogens with zero attached hydrogens (tertiary/aromatic N) is 2. The average molecular weight is 296 g/mol. The van der Waals surface area contributed by atoms with Crippen LogP contribution in [0.2, 0.25) is 0 Å². The number of thioether (sulfide) groups is 1. The van der Waals surface area contributed by atoms with Crippen molar-refractivity contribution in [3.8, 4) is 0 Å². The quantitative estimate of drug-likeness (QED) is 0.744. The molecular formula is C15H24N2O2S. The maximum absolute atomic E-state index is 12.9. The summed E-state index contributed by atoms with van der Waals surface area (Å²) in [5, 5.41) is 0. The van der Waals surface area contributed by atoms with E-state index in [0.717, 1.165) is 18.6 Å². The molecule has 1 aliphatic carbocycles. The number of amides is 2. The zero-order chi connectivity index (χ0) is 14.3. The van der Waals surface area contributed by atoms with Crippen LogP contribution in [0.4, 0.5) is 0 Å². The van der Waals surface area contributed by atoms with Crippen LogP contribution in [0.5, 0.6) is 0 Å². The van der Waals surface area contributed by atoms with Crippen molar-refractivity contribution in [2.24, 2.45) is 5.92 Å². The zero-order valence-corrected chi connectivity index (χ0v) is 13.2. The smallest absolute Gasteiger partial charge is 0.246 e. The van der Waals surface area contributed by atoms with Gasteiger partial charge in [-0.15, -0.1) is 11.8 Å². The molecule has 0 aromatic carbocycles. The first-order valence-electron chi connectivity index (χ1n) is 7.76. The van der Waals surface area contributed by atoms with Crippen LogP contribution >= 0.6 is 11.8 Å². The average Bonchev–Trinajstić information content (AvgIpc) is 3.01. The van der Waals surface area contributed by atoms with Gasteiger partial charge in [-0.1, -0.05) is 12.8 Å². The highest BCUT2D eigenvalue weighted by molar-refractivity contribution is 7.99. The Hall–Kier alpha value is -0.710. The topological polar surface area (TPSA) is 40.6 Å². The van der Waals surface area contributed by atoms with Crippen molar-refractivity contribution in [1.29, 1.82) is 0 Å². The van der Waals surface area contributed by atoms with Gasteiger partial charge in [0.15, 0.2) is 0 Å². The highest BCUT2D eigenvalue weighted by atomic mass is 32.2. The Kier molecular flexibility index (Phi) is 3.98. The predicted octanol–water partition coefficient (Wildman–Crippen LogP) is 2.09. The van der Waals surface area contributed by atoms with E-state index in [4.69, 9.17) is 0 Å². The van der Waals surface area contributed by atoms with Crippen LogP contribution in [0, 0.1) is 5.92 Å². The molecule has 5 heteroatoms. The monoisotopic (exact) mass is 296 g/mol. The molecule has 0 bridgehead atoms. The standard InChI is InChI=1S/C15H24N2O2S/c1-10-7-12-5-3-4-6-13(12)17(10)15(19)14-8-20-9-16(14)11(2)18/h10,12-14H,3-9H2,1-2H3. The molecule has 4 atom stereocenters. The summed E-state index contributed by atoms with van der Waals surface area (Å²) in [4.78, 5) is 28.5. The van der Waals surface area contributed by atoms with E-state index in [1.165, 1.54) is 19.3 Å². The molecule has 0 N–H and O–H groups in total. The van der Waals surface area contributed by atoms with Crippen molar-refractivity contribution in [3.05, 3.63) is 0 Å². The van der Waals surface area contributed by atoms with Crippen LogP contribution in [0.15, 0.2) is 0 Å². The number of fused-ring (bicyclic) bond motifs is 1. The highest BCUT2D eigenvalue weighted by Gasteiger charge is 2.46. The molecule has 3 aliphatic rings. The van der Waals surface area contributed by atoms with Gasteiger partial charge in [-0.25, -0.2) is 0 Å². The molecular weight excluding hydrogens is 272 g/mol. The fourth-order valence-electron chi connectivity index (χ4n) is 4.22. The summed E-state index contributed by atoms with van der Waals surface area (Å²) in [6.07, 6.45) is 6.13. The molecule has 2 saturated heterocycles. The summed E-state index contributed by atoms with van der Waals surface area (Å²) in [5.41, 5.74) is 0. The number of rotatable bonds is 1. The minimum Gasteiger partial charge on any atom is -0.335 e. The van der Waals surface area contributed by atoms with E-state index >= 15 is 0 Å². The first-order chi connectivity index (χ1) is 9.59. The van der Waals surface area contributed by atoms with E-state index < -0.39 is 0 Å². The largest absolute Gasteiger partial charge is 0.335 e. The van der Waals surface area contributed by atoms with Crippen molar-refractivity contribution >= 4 is 23.6 Å². The van der Waals surface area contributed by atoms with Crippen molar-refractivity contribution < 1.29 is 9.59 Å². The van der Waals surface area contributed by atoms with Crippen molar-refractivity contribution in [2.75, 3.05) is 11.6 Å². The van der Waals surface area contributed by atoms with Crippen molar-refractivity contribution in [1.82, 2.24) is 9.80 Å². The first-order valence-corrected chi connectivity index (χ1v) is 8.92. The maximum atomic E-state index is 12.9. The van der Waals surface area contributed by atoms with Crippen LogP contribution < -0.4 is 0 Å². The second-order valence-corrected chi connectivity index (χ2v) is 7.45. The molecule has 0 radical (unpaired) electrons. The molecule has 3 fully saturated rings. The Bertz CT molecular complexity index is 415. The maximum Gasteiger partial charge on any atom is 0.246 e. The molecule has 4 nitrogen and oxygen atoms in total. The van der Waals surface area contributed by atoms with Crippen LogP contribution in [0.1, 0.15) is 46.0 Å². The number of likely N-dealkylation sites (tertiary alicyclic amines) is 1. The van der Waals surface area contributed by atoms with Crippen LogP contribution in [-0.2, 0) is 9.59 Å². The van der Waals surface area contributed by atoms with Crippen LogP contribution in [0.25, 0.3) is 0 Å². The van der Waals surface area contributed by atoms with Gasteiger partial charge in [0, 0.05) is 24.8 Å². The molecule has 0 spiro atoms. The molecule has 4 unspecified atom stereocenters. The number of hydrogen-bond donors (Lipinski definition) is 0. The summed E-state index contributed by atoms with van der Waals surface area (Å²) in [6, 6.07) is 0.557. The molecule has 0 aromatic rings. The van der Waals surface area contributed by atoms with Gasteiger partial charge in [0.1, 0.15) is 6.04 Å². The fraction of sp³-hybridized carbons (Fsp3) is 0.867. The van der Waals surface area contributed by atoms with E-state index in [2.05, 4.69) is 11.8 Å². The molecule has 112 valence electrons. The third-order valence-corrected chi connectivity index (χ3v) is 6.18. The Morgan fingerprint density at radius 1 is 1.20 bits per heavy atom. The van der Waals surface area contributed by atoms with Crippen molar-refractivity contribution in [2.45, 2.75) is 64.1 Å². The molecule has 2 heterocycles. The number of hydrogen-bond acceptors (Lipinski definition) is 3. The fourth-order valence-corrected chi connectivity index (χ4v) is 5.43. The lowest BCUT2D eigenvalue weighted by molar-refractivity contribution is -0.144. The second kappa shape index (κ2) is 5.58. The normalized spacial score (nSPS) is 37.1. The van der Waals surface area contributed by atoms with E-state index in [-0.39, 0.29) is 17.9 Å². The van der Waals surface area contributed by atoms with Gasteiger partial charge in [-0.05, 0) is 32.1 Å². The van der Waals surface area contributed by atoms with E-state index in [9.17, 15) is 9.59 Å². The summed E-state index contributed by atoms with van der Waals surface area (Å²) >= 11 is 1.69. The summed E-state index contributed by atoms with van der Waals surface area (Å²) in [5.74, 6) is 2.36. The van der Waals surface area contributed by atoms with Gasteiger partial charge >= 0.3 is 0 Å². The second-order valence-electron chi connectivity index (χ2n) is 6.45. The van der Waals surface area contributed by atoms with Gasteiger partial charge in [-0.3, -0.25) is 9.59 Å². The minimum atomic E-state index is -0.222. The zero-order valence-electron chi connectivity index (χ0n) is 12.4. The highest BCUT2D eigenvalue weighted by Crippen LogP contribution is 2.40. The van der Waals surface area contributed by atoms with E-state index in [1.807, 2.05) is 0 Å². The van der Waals surface area contributed by atoms with E-state index in [1.54, 1.807) is 23.6 Å². The summed E-state index contributed by atoms with van der Waals surface area (Å²) in [7, 11) is 0. The van der Waals surface area contributed by atoms with Crippen LogP contribution in [0.3, 0.4) is 0 Å². The molecule has 3 rings (SSSR count). The summed E-state index contributed by atoms with van der Waals surface area (Å²) in [6.45, 7) is 3.75. The molecule has 1 saturated carbocycles. The lowest BCUT2D eigenvalue weighted by Gasteiger charge is -2.36. The van der Waals surface area contributed by atoms with Gasteiger partial charge in [0.25, 0.3) is 0 Å². The Morgan fingerprint density at radius 2 is 1.95 bits per heavy atom. The SMILES string of the molecule is CC(=O)N1CSCC1C(=O)N1C(C)CC2CCCCC21. The summed E-state index contributed by atoms with van der Waals surface area (Å²) < 4.78 is 0. The third-order valence-electron chi connectivity index (χ3n) is 5.17.